The zero-order valence-corrected chi connectivity index (χ0v) is 12.2. The van der Waals surface area contributed by atoms with Crippen molar-refractivity contribution in [1.82, 2.24) is 0 Å². The number of hydrogen-bond donors (Lipinski definition) is 0. The molecule has 2 aromatic rings. The van der Waals surface area contributed by atoms with E-state index in [0.29, 0.717) is 5.82 Å². The smallest absolute Gasteiger partial charge is 0.0836 e. The quantitative estimate of drug-likeness (QED) is 0.630. The Morgan fingerprint density at radius 1 is 1.05 bits per heavy atom. The summed E-state index contributed by atoms with van der Waals surface area (Å²) >= 11 is 0. The molecule has 0 aromatic heterocycles. The second-order valence-electron chi connectivity index (χ2n) is 6.25. The molecule has 1 atom stereocenters. The molecule has 0 aliphatic heterocycles. The van der Waals surface area contributed by atoms with Crippen LogP contribution in [0, 0.1) is 0 Å². The van der Waals surface area contributed by atoms with Gasteiger partial charge in [-0.2, -0.15) is 0 Å². The lowest BCUT2D eigenvalue weighted by molar-refractivity contribution is 0.864. The van der Waals surface area contributed by atoms with Crippen LogP contribution in [0.5, 0.6) is 0 Å². The van der Waals surface area contributed by atoms with Crippen LogP contribution in [0.15, 0.2) is 36.4 Å². The van der Waals surface area contributed by atoms with E-state index in [0.717, 1.165) is 0 Å². The monoisotopic (exact) mass is 256 g/mol. The third-order valence-corrected chi connectivity index (χ3v) is 4.94. The number of hydrogen-bond acceptors (Lipinski definition) is 0. The largest absolute Gasteiger partial charge is 0.140 e. The summed E-state index contributed by atoms with van der Waals surface area (Å²) in [5.74, 6) is 0.636. The highest BCUT2D eigenvalue weighted by Gasteiger charge is 2.25. The average Bonchev–Trinajstić information content (AvgIpc) is 2.49. The fourth-order valence-corrected chi connectivity index (χ4v) is 3.95. The average molecular weight is 256 g/mol. The molecule has 1 unspecified atom stereocenters. The van der Waals surface area contributed by atoms with Gasteiger partial charge in [-0.15, -0.1) is 0 Å². The number of fused-ring (bicyclic) bond motifs is 5. The van der Waals surface area contributed by atoms with Gasteiger partial charge in [0.1, 0.15) is 15.7 Å². The standard InChI is InChI=1S/C18H18B2/c19-17-10-16-12-6-2-4-8-14(12)18(20)9-15(16)11-5-1-3-7-13(11)17/h1,3-5,7-9,17H,2,6,10,19-20H2. The minimum atomic E-state index is 0.636. The van der Waals surface area contributed by atoms with E-state index in [-0.39, 0.29) is 0 Å². The van der Waals surface area contributed by atoms with Crippen molar-refractivity contribution in [2.75, 3.05) is 0 Å². The Bertz CT molecular complexity index is 728. The molecule has 0 bridgehead atoms. The summed E-state index contributed by atoms with van der Waals surface area (Å²) in [5, 5.41) is 0. The maximum Gasteiger partial charge on any atom is 0.140 e. The highest BCUT2D eigenvalue weighted by molar-refractivity contribution is 6.35. The number of allylic oxidation sites excluding steroid dienone is 1. The summed E-state index contributed by atoms with van der Waals surface area (Å²) < 4.78 is 0. The van der Waals surface area contributed by atoms with E-state index in [4.69, 9.17) is 0 Å². The predicted molar refractivity (Wildman–Crippen MR) is 92.4 cm³/mol. The summed E-state index contributed by atoms with van der Waals surface area (Å²) in [7, 11) is 4.63. The summed E-state index contributed by atoms with van der Waals surface area (Å²) in [6.45, 7) is 0. The molecule has 0 heterocycles. The van der Waals surface area contributed by atoms with Crippen molar-refractivity contribution < 1.29 is 0 Å². The van der Waals surface area contributed by atoms with Gasteiger partial charge in [0, 0.05) is 0 Å². The Morgan fingerprint density at radius 3 is 2.80 bits per heavy atom. The van der Waals surface area contributed by atoms with Crippen LogP contribution in [0.3, 0.4) is 0 Å². The fraction of sp³-hybridized carbons (Fsp3) is 0.222. The summed E-state index contributed by atoms with van der Waals surface area (Å²) in [4.78, 5) is 0. The van der Waals surface area contributed by atoms with Crippen molar-refractivity contribution >= 4 is 27.2 Å². The van der Waals surface area contributed by atoms with Gasteiger partial charge in [0.2, 0.25) is 0 Å². The molecule has 0 spiro atoms. The van der Waals surface area contributed by atoms with Crippen LogP contribution in [-0.2, 0) is 12.8 Å². The SMILES string of the molecule is Bc1cc2c(c3c1C=CCC3)CC(B)c1ccccc1-2. The van der Waals surface area contributed by atoms with E-state index in [9.17, 15) is 0 Å². The molecule has 2 aliphatic rings. The van der Waals surface area contributed by atoms with E-state index in [1.54, 1.807) is 11.1 Å². The molecule has 2 aliphatic carbocycles. The van der Waals surface area contributed by atoms with Gasteiger partial charge < -0.3 is 0 Å². The maximum atomic E-state index is 2.41. The fourth-order valence-electron chi connectivity index (χ4n) is 3.95. The van der Waals surface area contributed by atoms with Crippen LogP contribution in [0.4, 0.5) is 0 Å². The molecule has 0 nitrogen and oxygen atoms in total. The van der Waals surface area contributed by atoms with Crippen LogP contribution in [0.25, 0.3) is 17.2 Å². The molecule has 0 fully saturated rings. The predicted octanol–water partition coefficient (Wildman–Crippen LogP) is 1.80. The zero-order chi connectivity index (χ0) is 13.7. The van der Waals surface area contributed by atoms with Gasteiger partial charge in [0.05, 0.1) is 0 Å². The van der Waals surface area contributed by atoms with Gasteiger partial charge in [-0.1, -0.05) is 47.9 Å². The van der Waals surface area contributed by atoms with Crippen LogP contribution in [0.2, 0.25) is 0 Å². The van der Waals surface area contributed by atoms with Crippen molar-refractivity contribution in [2.24, 2.45) is 0 Å². The molecular weight excluding hydrogens is 238 g/mol. The molecule has 2 aromatic carbocycles. The summed E-state index contributed by atoms with van der Waals surface area (Å²) in [5.41, 5.74) is 10.6. The van der Waals surface area contributed by atoms with Crippen LogP contribution >= 0.6 is 0 Å². The highest BCUT2D eigenvalue weighted by Crippen LogP contribution is 2.41. The molecular formula is C18H18B2. The van der Waals surface area contributed by atoms with Gasteiger partial charge in [-0.25, -0.2) is 0 Å². The van der Waals surface area contributed by atoms with Crippen molar-refractivity contribution in [3.8, 4) is 11.1 Å². The minimum Gasteiger partial charge on any atom is -0.0836 e. The molecule has 0 saturated heterocycles. The van der Waals surface area contributed by atoms with E-state index >= 15 is 0 Å². The maximum absolute atomic E-state index is 2.41. The number of rotatable bonds is 0. The zero-order valence-electron chi connectivity index (χ0n) is 12.2. The van der Waals surface area contributed by atoms with Crippen molar-refractivity contribution in [2.45, 2.75) is 25.1 Å². The van der Waals surface area contributed by atoms with Crippen LogP contribution in [0.1, 0.15) is 34.5 Å². The van der Waals surface area contributed by atoms with E-state index in [1.807, 2.05) is 0 Å². The third kappa shape index (κ3) is 1.64. The normalized spacial score (nSPS) is 19.1. The lowest BCUT2D eigenvalue weighted by Gasteiger charge is -2.30. The first-order valence-corrected chi connectivity index (χ1v) is 7.67. The molecule has 96 valence electrons. The van der Waals surface area contributed by atoms with Gasteiger partial charge >= 0.3 is 0 Å². The van der Waals surface area contributed by atoms with E-state index in [1.165, 1.54) is 47.0 Å². The molecule has 20 heavy (non-hydrogen) atoms. The van der Waals surface area contributed by atoms with Gasteiger partial charge in [0.25, 0.3) is 0 Å². The lowest BCUT2D eigenvalue weighted by atomic mass is 9.66. The van der Waals surface area contributed by atoms with Crippen molar-refractivity contribution in [1.29, 1.82) is 0 Å². The lowest BCUT2D eigenvalue weighted by Crippen LogP contribution is -2.21. The van der Waals surface area contributed by atoms with E-state index < -0.39 is 0 Å². The Balaban J connectivity index is 2.05. The Hall–Kier alpha value is -1.69. The molecule has 0 radical (unpaired) electrons. The molecule has 0 amide bonds. The van der Waals surface area contributed by atoms with Gasteiger partial charge in [-0.05, 0) is 58.5 Å². The number of benzene rings is 2. The van der Waals surface area contributed by atoms with Crippen LogP contribution < -0.4 is 5.46 Å². The van der Waals surface area contributed by atoms with Crippen molar-refractivity contribution in [3.05, 3.63) is 58.7 Å². The third-order valence-electron chi connectivity index (χ3n) is 4.94. The topological polar surface area (TPSA) is 0 Å². The first-order valence-electron chi connectivity index (χ1n) is 7.67. The second-order valence-corrected chi connectivity index (χ2v) is 6.25. The summed E-state index contributed by atoms with van der Waals surface area (Å²) in [6.07, 6.45) is 8.26. The minimum absolute atomic E-state index is 0.636. The molecule has 4 rings (SSSR count). The first-order chi connectivity index (χ1) is 9.75. The van der Waals surface area contributed by atoms with Gasteiger partial charge in [-0.3, -0.25) is 0 Å². The Kier molecular flexibility index (Phi) is 2.66. The first kappa shape index (κ1) is 12.1. The summed E-state index contributed by atoms with van der Waals surface area (Å²) in [6, 6.07) is 11.4. The Labute approximate surface area is 122 Å². The second kappa shape index (κ2) is 4.41. The van der Waals surface area contributed by atoms with Crippen LogP contribution in [-0.4, -0.2) is 15.7 Å². The van der Waals surface area contributed by atoms with E-state index in [2.05, 4.69) is 58.2 Å². The molecule has 2 heteroatoms. The highest BCUT2D eigenvalue weighted by atomic mass is 14.3. The Morgan fingerprint density at radius 2 is 1.90 bits per heavy atom. The van der Waals surface area contributed by atoms with Gasteiger partial charge in [0.15, 0.2) is 0 Å². The molecule has 0 N–H and O–H groups in total. The molecule has 0 saturated carbocycles. The van der Waals surface area contributed by atoms with Crippen molar-refractivity contribution in [3.63, 3.8) is 0 Å².